The monoisotopic (exact) mass is 467 g/mol. The van der Waals surface area contributed by atoms with E-state index in [0.717, 1.165) is 11.0 Å². The third kappa shape index (κ3) is 5.14. The van der Waals surface area contributed by atoms with Crippen LogP contribution in [0.4, 0.5) is 18.9 Å². The van der Waals surface area contributed by atoms with Crippen LogP contribution in [0.2, 0.25) is 0 Å². The molecule has 1 fully saturated rings. The number of primary amides is 1. The van der Waals surface area contributed by atoms with Gasteiger partial charge in [-0.1, -0.05) is 23.9 Å². The number of hydrogen-bond acceptors (Lipinski definition) is 8. The Kier molecular flexibility index (Phi) is 6.53. The first-order valence-corrected chi connectivity index (χ1v) is 10.6. The lowest BCUT2D eigenvalue weighted by atomic mass is 10.2. The molecule has 32 heavy (non-hydrogen) atoms. The van der Waals surface area contributed by atoms with Crippen molar-refractivity contribution in [2.45, 2.75) is 11.1 Å². The lowest BCUT2D eigenvalue weighted by Crippen LogP contribution is -2.38. The number of carbonyl (C=O) groups excluding carboxylic acids is 1. The van der Waals surface area contributed by atoms with Crippen LogP contribution in [0.15, 0.2) is 40.3 Å². The van der Waals surface area contributed by atoms with Crippen LogP contribution in [0.25, 0.3) is 5.57 Å². The number of benzene rings is 1. The average Bonchev–Trinajstić information content (AvgIpc) is 3.17. The summed E-state index contributed by atoms with van der Waals surface area (Å²) < 4.78 is 51.3. The molecule has 0 aliphatic carbocycles. The summed E-state index contributed by atoms with van der Waals surface area (Å²) >= 11 is 1.17. The number of nitrogens with zero attached hydrogens (tertiary/aromatic N) is 3. The van der Waals surface area contributed by atoms with Gasteiger partial charge in [0.25, 0.3) is 5.91 Å². The van der Waals surface area contributed by atoms with Crippen LogP contribution in [0.3, 0.4) is 0 Å². The van der Waals surface area contributed by atoms with Crippen molar-refractivity contribution in [3.05, 3.63) is 46.9 Å². The molecule has 1 saturated heterocycles. The van der Waals surface area contributed by atoms with E-state index < -0.39 is 23.6 Å². The Morgan fingerprint density at radius 1 is 1.25 bits per heavy atom. The van der Waals surface area contributed by atoms with E-state index >= 15 is 0 Å². The van der Waals surface area contributed by atoms with E-state index in [1.165, 1.54) is 11.8 Å². The minimum Gasteiger partial charge on any atom is -0.476 e. The highest BCUT2D eigenvalue weighted by atomic mass is 32.2. The molecule has 0 radical (unpaired) electrons. The highest BCUT2D eigenvalue weighted by Crippen LogP contribution is 2.43. The predicted molar refractivity (Wildman–Crippen MR) is 112 cm³/mol. The fourth-order valence-electron chi connectivity index (χ4n) is 3.21. The fraction of sp³-hybridized carbons (Fsp3) is 0.350. The molecule has 1 amide bonds. The van der Waals surface area contributed by atoms with E-state index in [0.29, 0.717) is 38.5 Å². The van der Waals surface area contributed by atoms with Gasteiger partial charge in [-0.25, -0.2) is 4.98 Å². The topological polar surface area (TPSA) is 103 Å². The van der Waals surface area contributed by atoms with Gasteiger partial charge in [0, 0.05) is 30.6 Å². The van der Waals surface area contributed by atoms with Crippen molar-refractivity contribution >= 4 is 28.9 Å². The Balaban J connectivity index is 1.63. The van der Waals surface area contributed by atoms with Gasteiger partial charge in [0.2, 0.25) is 5.88 Å². The number of nitrogens with two attached hydrogens (primary N) is 1. The van der Waals surface area contributed by atoms with Gasteiger partial charge < -0.3 is 20.5 Å². The number of hydrogen-bond donors (Lipinski definition) is 2. The molecule has 8 nitrogen and oxygen atoms in total. The number of alkyl halides is 3. The Bertz CT molecular complexity index is 1010. The summed E-state index contributed by atoms with van der Waals surface area (Å²) in [7, 11) is 0. The van der Waals surface area contributed by atoms with Gasteiger partial charge >= 0.3 is 6.18 Å². The van der Waals surface area contributed by atoms with E-state index in [9.17, 15) is 18.0 Å². The van der Waals surface area contributed by atoms with Crippen molar-refractivity contribution < 1.29 is 27.4 Å². The van der Waals surface area contributed by atoms with Crippen LogP contribution in [-0.4, -0.2) is 60.2 Å². The van der Waals surface area contributed by atoms with Crippen LogP contribution in [0.5, 0.6) is 5.88 Å². The maximum Gasteiger partial charge on any atom is 0.433 e. The van der Waals surface area contributed by atoms with Crippen LogP contribution < -0.4 is 15.8 Å². The van der Waals surface area contributed by atoms with Gasteiger partial charge in [0.15, 0.2) is 11.5 Å². The molecule has 2 aliphatic heterocycles. The molecule has 170 valence electrons. The van der Waals surface area contributed by atoms with Gasteiger partial charge in [0.1, 0.15) is 12.2 Å². The van der Waals surface area contributed by atoms with E-state index in [1.807, 2.05) is 12.1 Å². The van der Waals surface area contributed by atoms with E-state index in [1.54, 1.807) is 12.1 Å². The maximum absolute atomic E-state index is 13.5. The Hall–Kier alpha value is -2.83. The van der Waals surface area contributed by atoms with Crippen molar-refractivity contribution in [1.29, 1.82) is 0 Å². The Morgan fingerprint density at radius 3 is 2.69 bits per heavy atom. The van der Waals surface area contributed by atoms with Crippen molar-refractivity contribution in [2.75, 3.05) is 44.8 Å². The van der Waals surface area contributed by atoms with E-state index in [2.05, 4.69) is 20.2 Å². The number of carbonyl (C=O) groups is 1. The molecule has 2 aromatic rings. The largest absolute Gasteiger partial charge is 0.476 e. The minimum atomic E-state index is -4.76. The molecule has 3 N–H and O–H groups in total. The molecule has 3 heterocycles. The molecule has 0 bridgehead atoms. The molecule has 0 unspecified atom stereocenters. The highest BCUT2D eigenvalue weighted by Gasteiger charge is 2.35. The lowest BCUT2D eigenvalue weighted by molar-refractivity contribution is -0.141. The Labute approximate surface area is 186 Å². The van der Waals surface area contributed by atoms with Crippen molar-refractivity contribution in [3.8, 4) is 5.88 Å². The number of rotatable bonds is 6. The lowest BCUT2D eigenvalue weighted by Gasteiger charge is -2.26. The number of fused-ring (bicyclic) bond motifs is 1. The zero-order chi connectivity index (χ0) is 22.7. The van der Waals surface area contributed by atoms with Gasteiger partial charge in [-0.3, -0.25) is 9.69 Å². The van der Waals surface area contributed by atoms with Gasteiger partial charge in [-0.2, -0.15) is 18.2 Å². The van der Waals surface area contributed by atoms with Crippen LogP contribution >= 0.6 is 11.8 Å². The first kappa shape index (κ1) is 22.4. The van der Waals surface area contributed by atoms with Crippen LogP contribution in [-0.2, 0) is 15.7 Å². The summed E-state index contributed by atoms with van der Waals surface area (Å²) in [5.74, 6) is -1.68. The molecule has 1 aromatic carbocycles. The van der Waals surface area contributed by atoms with Gasteiger partial charge in [-0.15, -0.1) is 0 Å². The first-order valence-electron chi connectivity index (χ1n) is 9.79. The standard InChI is InChI=1S/C20H20F3N5O3S/c21-20(22,23)14-11-15(31-10-7-28-5-8-30-9-6-28)27-18(26-14)16(17(24)29)19-25-12-3-1-2-4-13(12)32-19/h1-4,11,25H,5-10H2,(H2,24,29)/b19-16-. The SMILES string of the molecule is NC(=O)/C(=C1\Nc2ccccc2S1)c1nc(OCCN2CCOCC2)cc(C(F)(F)F)n1. The van der Waals surface area contributed by atoms with E-state index in [4.69, 9.17) is 15.2 Å². The van der Waals surface area contributed by atoms with Gasteiger partial charge in [0.05, 0.1) is 23.9 Å². The summed E-state index contributed by atoms with van der Waals surface area (Å²) in [6.07, 6.45) is -4.76. The second-order valence-corrected chi connectivity index (χ2v) is 8.06. The summed E-state index contributed by atoms with van der Waals surface area (Å²) in [6.45, 7) is 3.24. The summed E-state index contributed by atoms with van der Waals surface area (Å²) in [5, 5.41) is 3.26. The number of amides is 1. The first-order chi connectivity index (χ1) is 15.3. The quantitative estimate of drug-likeness (QED) is 0.625. The summed E-state index contributed by atoms with van der Waals surface area (Å²) in [6, 6.07) is 7.91. The molecule has 0 spiro atoms. The third-order valence-corrected chi connectivity index (χ3v) is 5.88. The average molecular weight is 467 g/mol. The maximum atomic E-state index is 13.5. The van der Waals surface area contributed by atoms with Crippen molar-refractivity contribution in [3.63, 3.8) is 0 Å². The molecule has 12 heteroatoms. The van der Waals surface area contributed by atoms with Crippen molar-refractivity contribution in [2.24, 2.45) is 5.73 Å². The van der Waals surface area contributed by atoms with Crippen LogP contribution in [0.1, 0.15) is 11.5 Å². The predicted octanol–water partition coefficient (Wildman–Crippen LogP) is 2.58. The second-order valence-electron chi connectivity index (χ2n) is 7.01. The normalized spacial score (nSPS) is 18.1. The zero-order valence-electron chi connectivity index (χ0n) is 16.8. The molecule has 1 aromatic heterocycles. The number of nitrogens with one attached hydrogen (secondary N) is 1. The summed E-state index contributed by atoms with van der Waals surface area (Å²) in [5.41, 5.74) is 4.77. The van der Waals surface area contributed by atoms with E-state index in [-0.39, 0.29) is 23.1 Å². The molecule has 0 saturated carbocycles. The highest BCUT2D eigenvalue weighted by molar-refractivity contribution is 8.04. The Morgan fingerprint density at radius 2 is 2.00 bits per heavy atom. The molecule has 2 aliphatic rings. The number of thioether (sulfide) groups is 1. The fourth-order valence-corrected chi connectivity index (χ4v) is 4.26. The van der Waals surface area contributed by atoms with Crippen molar-refractivity contribution in [1.82, 2.24) is 14.9 Å². The molecule has 4 rings (SSSR count). The number of halogens is 3. The second kappa shape index (κ2) is 9.35. The number of aromatic nitrogens is 2. The zero-order valence-corrected chi connectivity index (χ0v) is 17.6. The molecule has 0 atom stereocenters. The molecular weight excluding hydrogens is 447 g/mol. The smallest absolute Gasteiger partial charge is 0.433 e. The van der Waals surface area contributed by atoms with Crippen LogP contribution in [0, 0.1) is 0 Å². The summed E-state index contributed by atoms with van der Waals surface area (Å²) in [4.78, 5) is 22.7. The number of ether oxygens (including phenoxy) is 2. The molecular formula is C20H20F3N5O3S. The number of morpholine rings is 1. The third-order valence-electron chi connectivity index (χ3n) is 4.80. The minimum absolute atomic E-state index is 0.120. The number of anilines is 1. The van der Waals surface area contributed by atoms with Gasteiger partial charge in [-0.05, 0) is 12.1 Å². The number of para-hydroxylation sites is 1.